The van der Waals surface area contributed by atoms with Crippen LogP contribution in [0.25, 0.3) is 0 Å². The van der Waals surface area contributed by atoms with Crippen molar-refractivity contribution in [2.24, 2.45) is 5.92 Å². The molecule has 0 N–H and O–H groups in total. The summed E-state index contributed by atoms with van der Waals surface area (Å²) in [4.78, 5) is 1.87. The lowest BCUT2D eigenvalue weighted by molar-refractivity contribution is -0.274. The van der Waals surface area contributed by atoms with Crippen molar-refractivity contribution in [2.75, 3.05) is 26.2 Å². The van der Waals surface area contributed by atoms with E-state index in [4.69, 9.17) is 4.74 Å². The average Bonchev–Trinajstić information content (AvgIpc) is 2.47. The fourth-order valence-electron chi connectivity index (χ4n) is 2.56. The third-order valence-electron chi connectivity index (χ3n) is 3.85. The van der Waals surface area contributed by atoms with Gasteiger partial charge in [-0.25, -0.2) is 0 Å². The second-order valence-corrected chi connectivity index (χ2v) is 6.50. The zero-order chi connectivity index (χ0) is 18.7. The summed E-state index contributed by atoms with van der Waals surface area (Å²) in [5.41, 5.74) is 0. The van der Waals surface area contributed by atoms with E-state index in [0.717, 1.165) is 12.1 Å². The lowest BCUT2D eigenvalue weighted by atomic mass is 9.96. The van der Waals surface area contributed by atoms with Crippen molar-refractivity contribution >= 4 is 15.9 Å². The minimum absolute atomic E-state index is 0.0661. The molecule has 1 aromatic carbocycles. The van der Waals surface area contributed by atoms with Crippen LogP contribution < -0.4 is 9.47 Å². The first-order chi connectivity index (χ1) is 11.5. The van der Waals surface area contributed by atoms with Crippen LogP contribution >= 0.6 is 15.9 Å². The molecule has 2 rings (SSSR count). The second kappa shape index (κ2) is 8.03. The first-order valence-corrected chi connectivity index (χ1v) is 8.31. The quantitative estimate of drug-likeness (QED) is 0.607. The highest BCUT2D eigenvalue weighted by Crippen LogP contribution is 2.34. The Labute approximate surface area is 149 Å². The number of ether oxygens (including phenoxy) is 2. The molecule has 1 fully saturated rings. The van der Waals surface area contributed by atoms with Crippen LogP contribution in [0.2, 0.25) is 0 Å². The van der Waals surface area contributed by atoms with Crippen molar-refractivity contribution in [1.82, 2.24) is 4.90 Å². The monoisotopic (exact) mass is 435 g/mol. The molecule has 1 aliphatic rings. The van der Waals surface area contributed by atoms with Gasteiger partial charge in [-0.3, -0.25) is 4.90 Å². The predicted molar refractivity (Wildman–Crippen MR) is 81.5 cm³/mol. The summed E-state index contributed by atoms with van der Waals surface area (Å²) in [5, 5.41) is 0. The molecule has 0 saturated carbocycles. The fraction of sp³-hybridized carbons (Fsp3) is 0.600. The lowest BCUT2D eigenvalue weighted by Gasteiger charge is -2.32. The van der Waals surface area contributed by atoms with Gasteiger partial charge in [0.15, 0.2) is 0 Å². The Balaban J connectivity index is 1.77. The molecule has 25 heavy (non-hydrogen) atoms. The minimum Gasteiger partial charge on any atom is -0.491 e. The van der Waals surface area contributed by atoms with Crippen molar-refractivity contribution < 1.29 is 35.8 Å². The Bertz CT molecular complexity index is 570. The summed E-state index contributed by atoms with van der Waals surface area (Å²) >= 11 is 3.10. The van der Waals surface area contributed by atoms with Crippen molar-refractivity contribution in [3.63, 3.8) is 0 Å². The topological polar surface area (TPSA) is 21.7 Å². The number of halogens is 7. The van der Waals surface area contributed by atoms with E-state index in [9.17, 15) is 26.3 Å². The Kier molecular flexibility index (Phi) is 6.47. The van der Waals surface area contributed by atoms with Crippen molar-refractivity contribution in [3.8, 4) is 11.5 Å². The zero-order valence-corrected chi connectivity index (χ0v) is 14.5. The maximum Gasteiger partial charge on any atom is 0.573 e. The number of nitrogens with zero attached hydrogens (tertiary/aromatic N) is 1. The molecule has 1 aromatic rings. The SMILES string of the molecule is FC(F)(F)Oc1ccc(OCCN2CCC(C(F)(F)F)CC2)c(Br)c1. The molecule has 1 aliphatic heterocycles. The van der Waals surface area contributed by atoms with Crippen LogP contribution in [0, 0.1) is 5.92 Å². The molecule has 0 unspecified atom stereocenters. The van der Waals surface area contributed by atoms with Gasteiger partial charge in [0.1, 0.15) is 18.1 Å². The summed E-state index contributed by atoms with van der Waals surface area (Å²) in [6.07, 6.45) is -8.79. The van der Waals surface area contributed by atoms with Crippen molar-refractivity contribution in [1.29, 1.82) is 0 Å². The molecule has 0 aliphatic carbocycles. The van der Waals surface area contributed by atoms with Gasteiger partial charge >= 0.3 is 12.5 Å². The standard InChI is InChI=1S/C15H16BrF6NO2/c16-12-9-11(25-15(20,21)22)1-2-13(12)24-8-7-23-5-3-10(4-6-23)14(17,18)19/h1-2,9-10H,3-8H2. The van der Waals surface area contributed by atoms with E-state index >= 15 is 0 Å². The molecular formula is C15H16BrF6NO2. The van der Waals surface area contributed by atoms with Crippen LogP contribution in [0.1, 0.15) is 12.8 Å². The number of likely N-dealkylation sites (tertiary alicyclic amines) is 1. The fourth-order valence-corrected chi connectivity index (χ4v) is 3.04. The van der Waals surface area contributed by atoms with Gasteiger partial charge in [0.2, 0.25) is 0 Å². The van der Waals surface area contributed by atoms with Gasteiger partial charge in [0.25, 0.3) is 0 Å². The highest BCUT2D eigenvalue weighted by molar-refractivity contribution is 9.10. The third kappa shape index (κ3) is 6.58. The summed E-state index contributed by atoms with van der Waals surface area (Å²) < 4.78 is 83.8. The van der Waals surface area contributed by atoms with Crippen LogP contribution in [-0.4, -0.2) is 43.7 Å². The molecule has 10 heteroatoms. The number of alkyl halides is 6. The number of piperidine rings is 1. The lowest BCUT2D eigenvalue weighted by Crippen LogP contribution is -2.40. The molecule has 0 atom stereocenters. The summed E-state index contributed by atoms with van der Waals surface area (Å²) in [6, 6.07) is 3.60. The normalized spacial score (nSPS) is 17.6. The Morgan fingerprint density at radius 2 is 1.72 bits per heavy atom. The minimum atomic E-state index is -4.77. The average molecular weight is 436 g/mol. The highest BCUT2D eigenvalue weighted by Gasteiger charge is 2.40. The molecule has 0 amide bonds. The van der Waals surface area contributed by atoms with E-state index in [1.165, 1.54) is 6.07 Å². The maximum atomic E-state index is 12.6. The smallest absolute Gasteiger partial charge is 0.491 e. The van der Waals surface area contributed by atoms with E-state index in [1.54, 1.807) is 0 Å². The van der Waals surface area contributed by atoms with Gasteiger partial charge in [-0.05, 0) is 60.1 Å². The second-order valence-electron chi connectivity index (χ2n) is 5.65. The van der Waals surface area contributed by atoms with E-state index in [1.807, 2.05) is 4.90 Å². The van der Waals surface area contributed by atoms with E-state index in [2.05, 4.69) is 20.7 Å². The summed E-state index contributed by atoms with van der Waals surface area (Å²) in [6.45, 7) is 1.34. The molecule has 3 nitrogen and oxygen atoms in total. The highest BCUT2D eigenvalue weighted by atomic mass is 79.9. The van der Waals surface area contributed by atoms with Gasteiger partial charge < -0.3 is 9.47 Å². The molecule has 1 heterocycles. The number of benzene rings is 1. The Morgan fingerprint density at radius 3 is 2.24 bits per heavy atom. The Morgan fingerprint density at radius 1 is 1.08 bits per heavy atom. The molecular weight excluding hydrogens is 420 g/mol. The summed E-state index contributed by atoms with van der Waals surface area (Å²) in [7, 11) is 0. The van der Waals surface area contributed by atoms with Crippen LogP contribution in [0.15, 0.2) is 22.7 Å². The van der Waals surface area contributed by atoms with E-state index in [0.29, 0.717) is 29.9 Å². The van der Waals surface area contributed by atoms with Gasteiger partial charge in [-0.1, -0.05) is 0 Å². The largest absolute Gasteiger partial charge is 0.573 e. The Hall–Kier alpha value is -1.16. The van der Waals surface area contributed by atoms with Crippen LogP contribution in [0.5, 0.6) is 11.5 Å². The molecule has 1 saturated heterocycles. The first-order valence-electron chi connectivity index (χ1n) is 7.52. The van der Waals surface area contributed by atoms with Crippen LogP contribution in [0.4, 0.5) is 26.3 Å². The molecule has 0 aromatic heterocycles. The van der Waals surface area contributed by atoms with Crippen LogP contribution in [-0.2, 0) is 0 Å². The molecule has 0 bridgehead atoms. The maximum absolute atomic E-state index is 12.6. The van der Waals surface area contributed by atoms with Crippen molar-refractivity contribution in [3.05, 3.63) is 22.7 Å². The zero-order valence-electron chi connectivity index (χ0n) is 13.0. The first kappa shape index (κ1) is 20.2. The van der Waals surface area contributed by atoms with Gasteiger partial charge in [0, 0.05) is 6.54 Å². The summed E-state index contributed by atoms with van der Waals surface area (Å²) in [5.74, 6) is -1.29. The van der Waals surface area contributed by atoms with E-state index < -0.39 is 18.5 Å². The molecule has 0 radical (unpaired) electrons. The number of hydrogen-bond acceptors (Lipinski definition) is 3. The van der Waals surface area contributed by atoms with Gasteiger partial charge in [0.05, 0.1) is 10.4 Å². The van der Waals surface area contributed by atoms with Gasteiger partial charge in [-0.2, -0.15) is 13.2 Å². The number of rotatable bonds is 5. The van der Waals surface area contributed by atoms with E-state index in [-0.39, 0.29) is 25.2 Å². The molecule has 0 spiro atoms. The number of hydrogen-bond donors (Lipinski definition) is 0. The van der Waals surface area contributed by atoms with Crippen molar-refractivity contribution in [2.45, 2.75) is 25.4 Å². The van der Waals surface area contributed by atoms with Crippen LogP contribution in [0.3, 0.4) is 0 Å². The van der Waals surface area contributed by atoms with Gasteiger partial charge in [-0.15, -0.1) is 13.2 Å². The third-order valence-corrected chi connectivity index (χ3v) is 4.47. The predicted octanol–water partition coefficient (Wildman–Crippen LogP) is 5.00. The molecule has 142 valence electrons.